The van der Waals surface area contributed by atoms with Crippen molar-refractivity contribution in [2.75, 3.05) is 12.5 Å². The number of hydrogen-bond donors (Lipinski definition) is 1. The van der Waals surface area contributed by atoms with Gasteiger partial charge in [0.1, 0.15) is 5.60 Å². The minimum absolute atomic E-state index is 0.466. The molecular formula is C13H17N3O2. The Kier molecular flexibility index (Phi) is 4.16. The molecule has 5 heteroatoms. The second-order valence-electron chi connectivity index (χ2n) is 4.84. The van der Waals surface area contributed by atoms with E-state index in [4.69, 9.17) is 10.00 Å². The number of hydrogen-bond acceptors (Lipinski definition) is 4. The molecule has 1 N–H and O–H groups in total. The molecule has 1 aromatic carbocycles. The summed E-state index contributed by atoms with van der Waals surface area (Å²) in [5.74, 6) is 0. The molecule has 5 nitrogen and oxygen atoms in total. The number of carbonyl (C=O) groups excluding carboxylic acids is 1. The first-order chi connectivity index (χ1) is 8.31. The van der Waals surface area contributed by atoms with Crippen molar-refractivity contribution in [1.29, 1.82) is 5.26 Å². The Morgan fingerprint density at radius 3 is 2.33 bits per heavy atom. The van der Waals surface area contributed by atoms with E-state index in [1.165, 1.54) is 5.01 Å². The maximum Gasteiger partial charge on any atom is 0.428 e. The van der Waals surface area contributed by atoms with Crippen LogP contribution in [0.1, 0.15) is 26.3 Å². The summed E-state index contributed by atoms with van der Waals surface area (Å²) in [6, 6.07) is 8.82. The largest absolute Gasteiger partial charge is 0.442 e. The molecule has 1 aromatic rings. The van der Waals surface area contributed by atoms with Gasteiger partial charge in [-0.2, -0.15) is 5.26 Å². The Morgan fingerprint density at radius 2 is 1.89 bits per heavy atom. The number of nitrogens with zero attached hydrogens (tertiary/aromatic N) is 2. The summed E-state index contributed by atoms with van der Waals surface area (Å²) in [4.78, 5) is 11.7. The number of amides is 1. The lowest BCUT2D eigenvalue weighted by atomic mass is 10.2. The number of anilines is 1. The summed E-state index contributed by atoms with van der Waals surface area (Å²) in [6.45, 7) is 5.42. The predicted molar refractivity (Wildman–Crippen MR) is 68.8 cm³/mol. The SMILES string of the molecule is CN(Nc1ccc(C#N)cc1)C(=O)OC(C)(C)C. The van der Waals surface area contributed by atoms with Crippen LogP contribution in [-0.4, -0.2) is 23.8 Å². The smallest absolute Gasteiger partial charge is 0.428 e. The van der Waals surface area contributed by atoms with E-state index >= 15 is 0 Å². The molecule has 0 spiro atoms. The Morgan fingerprint density at radius 1 is 1.33 bits per heavy atom. The molecule has 0 aliphatic rings. The van der Waals surface area contributed by atoms with E-state index in [0.717, 1.165) is 0 Å². The normalized spacial score (nSPS) is 10.4. The number of benzene rings is 1. The van der Waals surface area contributed by atoms with Crippen LogP contribution in [0.3, 0.4) is 0 Å². The van der Waals surface area contributed by atoms with Gasteiger partial charge in [-0.1, -0.05) is 0 Å². The van der Waals surface area contributed by atoms with Gasteiger partial charge in [-0.25, -0.2) is 9.80 Å². The number of ether oxygens (including phenoxy) is 1. The number of carbonyl (C=O) groups is 1. The molecule has 0 unspecified atom stereocenters. The molecule has 0 atom stereocenters. The van der Waals surface area contributed by atoms with Crippen LogP contribution < -0.4 is 5.43 Å². The lowest BCUT2D eigenvalue weighted by molar-refractivity contribution is 0.0339. The zero-order valence-corrected chi connectivity index (χ0v) is 11.0. The van der Waals surface area contributed by atoms with Gasteiger partial charge in [-0.15, -0.1) is 0 Å². The molecule has 0 aliphatic heterocycles. The van der Waals surface area contributed by atoms with Crippen LogP contribution >= 0.6 is 0 Å². The highest BCUT2D eigenvalue weighted by molar-refractivity contribution is 5.69. The van der Waals surface area contributed by atoms with Crippen LogP contribution in [0.5, 0.6) is 0 Å². The monoisotopic (exact) mass is 247 g/mol. The van der Waals surface area contributed by atoms with Gasteiger partial charge in [0.2, 0.25) is 0 Å². The molecule has 0 saturated carbocycles. The molecule has 0 aliphatic carbocycles. The van der Waals surface area contributed by atoms with Gasteiger partial charge in [0, 0.05) is 7.05 Å². The quantitative estimate of drug-likeness (QED) is 0.816. The standard InChI is InChI=1S/C13H17N3O2/c1-13(2,3)18-12(17)16(4)15-11-7-5-10(9-14)6-8-11/h5-8,15H,1-4H3. The number of hydrazine groups is 1. The number of nitriles is 1. The molecule has 1 amide bonds. The fourth-order valence-electron chi connectivity index (χ4n) is 1.19. The Labute approximate surface area is 107 Å². The maximum atomic E-state index is 11.7. The Bertz CT molecular complexity index is 455. The molecule has 0 saturated heterocycles. The molecule has 0 radical (unpaired) electrons. The summed E-state index contributed by atoms with van der Waals surface area (Å²) in [5.41, 5.74) is 3.62. The minimum atomic E-state index is -0.530. The lowest BCUT2D eigenvalue weighted by Crippen LogP contribution is -2.37. The highest BCUT2D eigenvalue weighted by Gasteiger charge is 2.19. The fraction of sp³-hybridized carbons (Fsp3) is 0.385. The highest BCUT2D eigenvalue weighted by Crippen LogP contribution is 2.12. The third-order valence-corrected chi connectivity index (χ3v) is 1.98. The van der Waals surface area contributed by atoms with Crippen molar-refractivity contribution >= 4 is 11.8 Å². The van der Waals surface area contributed by atoms with E-state index in [9.17, 15) is 4.79 Å². The predicted octanol–water partition coefficient (Wildman–Crippen LogP) is 2.75. The van der Waals surface area contributed by atoms with Crippen molar-refractivity contribution in [1.82, 2.24) is 5.01 Å². The van der Waals surface area contributed by atoms with Crippen molar-refractivity contribution in [2.24, 2.45) is 0 Å². The van der Waals surface area contributed by atoms with Crippen molar-refractivity contribution in [2.45, 2.75) is 26.4 Å². The van der Waals surface area contributed by atoms with Crippen LogP contribution in [0.15, 0.2) is 24.3 Å². The van der Waals surface area contributed by atoms with Crippen molar-refractivity contribution in [3.8, 4) is 6.07 Å². The molecule has 18 heavy (non-hydrogen) atoms. The van der Waals surface area contributed by atoms with E-state index in [1.807, 2.05) is 6.07 Å². The van der Waals surface area contributed by atoms with Crippen LogP contribution in [0.25, 0.3) is 0 Å². The number of rotatable bonds is 2. The topological polar surface area (TPSA) is 65.4 Å². The van der Waals surface area contributed by atoms with Crippen LogP contribution in [-0.2, 0) is 4.74 Å². The number of nitrogens with one attached hydrogen (secondary N) is 1. The fourth-order valence-corrected chi connectivity index (χ4v) is 1.19. The second-order valence-corrected chi connectivity index (χ2v) is 4.84. The molecule has 0 aromatic heterocycles. The van der Waals surface area contributed by atoms with E-state index in [2.05, 4.69) is 5.43 Å². The third-order valence-electron chi connectivity index (χ3n) is 1.98. The average Bonchev–Trinajstić information content (AvgIpc) is 2.27. The zero-order valence-electron chi connectivity index (χ0n) is 11.0. The molecule has 0 fully saturated rings. The van der Waals surface area contributed by atoms with E-state index < -0.39 is 11.7 Å². The van der Waals surface area contributed by atoms with Crippen molar-refractivity contribution < 1.29 is 9.53 Å². The van der Waals surface area contributed by atoms with Gasteiger partial charge in [0.15, 0.2) is 0 Å². The zero-order chi connectivity index (χ0) is 13.8. The summed E-state index contributed by atoms with van der Waals surface area (Å²) < 4.78 is 5.19. The van der Waals surface area contributed by atoms with Crippen molar-refractivity contribution in [3.63, 3.8) is 0 Å². The van der Waals surface area contributed by atoms with Crippen LogP contribution in [0, 0.1) is 11.3 Å². The maximum absolute atomic E-state index is 11.7. The highest BCUT2D eigenvalue weighted by atomic mass is 16.6. The molecule has 96 valence electrons. The summed E-state index contributed by atoms with van der Waals surface area (Å²) in [6.07, 6.45) is -0.466. The Balaban J connectivity index is 2.61. The first-order valence-corrected chi connectivity index (χ1v) is 5.55. The van der Waals surface area contributed by atoms with Gasteiger partial charge in [0.05, 0.1) is 17.3 Å². The average molecular weight is 247 g/mol. The second kappa shape index (κ2) is 5.41. The van der Waals surface area contributed by atoms with Gasteiger partial charge < -0.3 is 4.74 Å². The van der Waals surface area contributed by atoms with Gasteiger partial charge in [-0.3, -0.25) is 5.43 Å². The van der Waals surface area contributed by atoms with E-state index in [-0.39, 0.29) is 0 Å². The van der Waals surface area contributed by atoms with E-state index in [1.54, 1.807) is 52.1 Å². The lowest BCUT2D eigenvalue weighted by Gasteiger charge is -2.25. The summed E-state index contributed by atoms with van der Waals surface area (Å²) in [5, 5.41) is 9.93. The van der Waals surface area contributed by atoms with E-state index in [0.29, 0.717) is 11.3 Å². The van der Waals surface area contributed by atoms with Crippen LogP contribution in [0.2, 0.25) is 0 Å². The van der Waals surface area contributed by atoms with Gasteiger partial charge in [-0.05, 0) is 45.0 Å². The molecule has 0 heterocycles. The minimum Gasteiger partial charge on any atom is -0.442 e. The Hall–Kier alpha value is -2.22. The molecular weight excluding hydrogens is 230 g/mol. The van der Waals surface area contributed by atoms with Crippen LogP contribution in [0.4, 0.5) is 10.5 Å². The van der Waals surface area contributed by atoms with Gasteiger partial charge >= 0.3 is 6.09 Å². The summed E-state index contributed by atoms with van der Waals surface area (Å²) >= 11 is 0. The summed E-state index contributed by atoms with van der Waals surface area (Å²) in [7, 11) is 1.58. The third kappa shape index (κ3) is 4.34. The first kappa shape index (κ1) is 13.8. The van der Waals surface area contributed by atoms with Crippen molar-refractivity contribution in [3.05, 3.63) is 29.8 Å². The molecule has 1 rings (SSSR count). The first-order valence-electron chi connectivity index (χ1n) is 5.55. The van der Waals surface area contributed by atoms with Gasteiger partial charge in [0.25, 0.3) is 0 Å². The molecule has 0 bridgehead atoms.